The standard InChI is InChI=1S/C25H32FN5O5/c1-3-27-24(33)31-10-8-30(9-11-31)23(32)18-16-28-20-15-21(34-2)19(26)14-17(20)22(18)29-6-4-25(5-7-29)35-12-13-36-25/h14-16H,3-13H2,1-2H3,(H,27,33). The van der Waals surface area contributed by atoms with E-state index in [-0.39, 0.29) is 17.7 Å². The number of carbonyl (C=O) groups is 2. The Morgan fingerprint density at radius 3 is 2.39 bits per heavy atom. The smallest absolute Gasteiger partial charge is 0.317 e. The van der Waals surface area contributed by atoms with Crippen molar-refractivity contribution in [2.45, 2.75) is 25.6 Å². The predicted octanol–water partition coefficient (Wildman–Crippen LogP) is 2.21. The lowest BCUT2D eigenvalue weighted by Gasteiger charge is -2.40. The number of carbonyl (C=O) groups excluding carboxylic acids is 2. The second kappa shape index (κ2) is 10.1. The van der Waals surface area contributed by atoms with Gasteiger partial charge < -0.3 is 34.2 Å². The zero-order valence-electron chi connectivity index (χ0n) is 20.7. The lowest BCUT2D eigenvalue weighted by molar-refractivity contribution is -0.169. The summed E-state index contributed by atoms with van der Waals surface area (Å²) < 4.78 is 31.7. The van der Waals surface area contributed by atoms with Crippen LogP contribution < -0.4 is 15.0 Å². The Morgan fingerprint density at radius 2 is 1.75 bits per heavy atom. The minimum atomic E-state index is -0.576. The molecular formula is C25H32FN5O5. The number of rotatable bonds is 4. The maximum atomic E-state index is 14.8. The minimum absolute atomic E-state index is 0.104. The third-order valence-corrected chi connectivity index (χ3v) is 7.18. The van der Waals surface area contributed by atoms with Crippen molar-refractivity contribution in [1.82, 2.24) is 20.1 Å². The molecule has 0 unspecified atom stereocenters. The number of nitrogens with one attached hydrogen (secondary N) is 1. The van der Waals surface area contributed by atoms with Gasteiger partial charge in [0, 0.05) is 76.3 Å². The zero-order valence-corrected chi connectivity index (χ0v) is 20.7. The van der Waals surface area contributed by atoms with E-state index in [0.717, 1.165) is 0 Å². The van der Waals surface area contributed by atoms with Crippen molar-refractivity contribution in [2.75, 3.05) is 71.0 Å². The SMILES string of the molecule is CCNC(=O)N1CCN(C(=O)c2cnc3cc(OC)c(F)cc3c2N2CCC3(CC2)OCCO3)CC1. The van der Waals surface area contributed by atoms with E-state index in [2.05, 4.69) is 15.2 Å². The Kier molecular flexibility index (Phi) is 6.85. The average molecular weight is 502 g/mol. The zero-order chi connectivity index (χ0) is 25.3. The molecule has 3 aliphatic rings. The minimum Gasteiger partial charge on any atom is -0.494 e. The van der Waals surface area contributed by atoms with Crippen LogP contribution in [0.2, 0.25) is 0 Å². The van der Waals surface area contributed by atoms with E-state index in [1.165, 1.54) is 13.2 Å². The van der Waals surface area contributed by atoms with Gasteiger partial charge >= 0.3 is 6.03 Å². The van der Waals surface area contributed by atoms with E-state index < -0.39 is 11.6 Å². The summed E-state index contributed by atoms with van der Waals surface area (Å²) in [4.78, 5) is 35.9. The van der Waals surface area contributed by atoms with Crippen molar-refractivity contribution in [2.24, 2.45) is 0 Å². The molecule has 3 aliphatic heterocycles. The number of hydrogen-bond donors (Lipinski definition) is 1. The highest BCUT2D eigenvalue weighted by Crippen LogP contribution is 2.39. The quantitative estimate of drug-likeness (QED) is 0.686. The summed E-state index contributed by atoms with van der Waals surface area (Å²) in [5.74, 6) is -1.16. The molecule has 3 saturated heterocycles. The molecule has 194 valence electrons. The van der Waals surface area contributed by atoms with Crippen LogP contribution in [0.3, 0.4) is 0 Å². The molecule has 1 N–H and O–H groups in total. The number of anilines is 1. The normalized spacial score (nSPS) is 19.7. The largest absolute Gasteiger partial charge is 0.494 e. The van der Waals surface area contributed by atoms with E-state index in [0.29, 0.717) is 94.0 Å². The molecule has 36 heavy (non-hydrogen) atoms. The molecule has 11 heteroatoms. The van der Waals surface area contributed by atoms with Gasteiger partial charge in [-0.05, 0) is 13.0 Å². The monoisotopic (exact) mass is 501 g/mol. The number of urea groups is 1. The summed E-state index contributed by atoms with van der Waals surface area (Å²) in [5, 5.41) is 3.36. The van der Waals surface area contributed by atoms with Crippen LogP contribution in [0.15, 0.2) is 18.3 Å². The summed E-state index contributed by atoms with van der Waals surface area (Å²) in [5.41, 5.74) is 1.63. The number of benzene rings is 1. The second-order valence-corrected chi connectivity index (χ2v) is 9.23. The average Bonchev–Trinajstić information content (AvgIpc) is 3.36. The van der Waals surface area contributed by atoms with Crippen LogP contribution in [0.25, 0.3) is 10.9 Å². The summed E-state index contributed by atoms with van der Waals surface area (Å²) in [6.45, 7) is 6.49. The summed E-state index contributed by atoms with van der Waals surface area (Å²) in [6.07, 6.45) is 2.86. The summed E-state index contributed by atoms with van der Waals surface area (Å²) >= 11 is 0. The number of pyridine rings is 1. The maximum Gasteiger partial charge on any atom is 0.317 e. The summed E-state index contributed by atoms with van der Waals surface area (Å²) in [6, 6.07) is 2.83. The first-order chi connectivity index (χ1) is 17.4. The van der Waals surface area contributed by atoms with Gasteiger partial charge in [0.2, 0.25) is 0 Å². The van der Waals surface area contributed by atoms with Gasteiger partial charge in [-0.1, -0.05) is 0 Å². The number of amides is 3. The Labute approximate surface area is 209 Å². The van der Waals surface area contributed by atoms with Crippen LogP contribution in [0.1, 0.15) is 30.1 Å². The fourth-order valence-electron chi connectivity index (χ4n) is 5.24. The molecule has 0 atom stereocenters. The number of piperidine rings is 1. The van der Waals surface area contributed by atoms with Crippen molar-refractivity contribution in [3.8, 4) is 5.75 Å². The molecule has 3 fully saturated rings. The van der Waals surface area contributed by atoms with E-state index in [1.54, 1.807) is 22.1 Å². The molecule has 1 spiro atoms. The molecule has 10 nitrogen and oxygen atoms in total. The molecule has 2 aromatic rings. The molecular weight excluding hydrogens is 469 g/mol. The Balaban J connectivity index is 1.46. The molecule has 0 saturated carbocycles. The van der Waals surface area contributed by atoms with Crippen LogP contribution in [-0.2, 0) is 9.47 Å². The van der Waals surface area contributed by atoms with Crippen molar-refractivity contribution in [1.29, 1.82) is 0 Å². The van der Waals surface area contributed by atoms with E-state index in [9.17, 15) is 14.0 Å². The number of fused-ring (bicyclic) bond motifs is 1. The number of ether oxygens (including phenoxy) is 3. The number of hydrogen-bond acceptors (Lipinski definition) is 7. The van der Waals surface area contributed by atoms with E-state index >= 15 is 0 Å². The lowest BCUT2D eigenvalue weighted by atomic mass is 9.99. The van der Waals surface area contributed by atoms with Crippen molar-refractivity contribution >= 4 is 28.5 Å². The molecule has 1 aromatic heterocycles. The molecule has 0 aliphatic carbocycles. The molecule has 0 bridgehead atoms. The highest BCUT2D eigenvalue weighted by Gasteiger charge is 2.41. The highest BCUT2D eigenvalue weighted by atomic mass is 19.1. The van der Waals surface area contributed by atoms with Gasteiger partial charge in [0.1, 0.15) is 0 Å². The fourth-order valence-corrected chi connectivity index (χ4v) is 5.24. The van der Waals surface area contributed by atoms with Gasteiger partial charge in [-0.15, -0.1) is 0 Å². The van der Waals surface area contributed by atoms with Crippen molar-refractivity contribution in [3.05, 3.63) is 29.7 Å². The number of nitrogens with zero attached hydrogens (tertiary/aromatic N) is 4. The number of piperazine rings is 1. The van der Waals surface area contributed by atoms with Gasteiger partial charge in [-0.25, -0.2) is 9.18 Å². The van der Waals surface area contributed by atoms with Crippen LogP contribution in [0.5, 0.6) is 5.75 Å². The first-order valence-electron chi connectivity index (χ1n) is 12.5. The Bertz CT molecular complexity index is 1140. The molecule has 3 amide bonds. The van der Waals surface area contributed by atoms with Gasteiger partial charge in [-0.3, -0.25) is 9.78 Å². The molecule has 4 heterocycles. The number of halogens is 1. The van der Waals surface area contributed by atoms with Gasteiger partial charge in [-0.2, -0.15) is 0 Å². The van der Waals surface area contributed by atoms with Crippen molar-refractivity contribution in [3.63, 3.8) is 0 Å². The maximum absolute atomic E-state index is 14.8. The van der Waals surface area contributed by atoms with E-state index in [4.69, 9.17) is 14.2 Å². The molecule has 0 radical (unpaired) electrons. The number of methoxy groups -OCH3 is 1. The van der Waals surface area contributed by atoms with Crippen LogP contribution in [0.4, 0.5) is 14.9 Å². The Morgan fingerprint density at radius 1 is 1.08 bits per heavy atom. The van der Waals surface area contributed by atoms with Crippen LogP contribution in [-0.4, -0.2) is 98.6 Å². The first-order valence-corrected chi connectivity index (χ1v) is 12.5. The fraction of sp³-hybridized carbons (Fsp3) is 0.560. The third-order valence-electron chi connectivity index (χ3n) is 7.18. The predicted molar refractivity (Wildman–Crippen MR) is 131 cm³/mol. The van der Waals surface area contributed by atoms with Crippen LogP contribution >= 0.6 is 0 Å². The lowest BCUT2D eigenvalue weighted by Crippen LogP contribution is -2.53. The second-order valence-electron chi connectivity index (χ2n) is 9.23. The van der Waals surface area contributed by atoms with Gasteiger partial charge in [0.15, 0.2) is 17.4 Å². The third kappa shape index (κ3) is 4.53. The molecule has 1 aromatic carbocycles. The highest BCUT2D eigenvalue weighted by molar-refractivity contribution is 6.07. The first kappa shape index (κ1) is 24.5. The van der Waals surface area contributed by atoms with Crippen molar-refractivity contribution < 1.29 is 28.2 Å². The van der Waals surface area contributed by atoms with Crippen LogP contribution in [0, 0.1) is 5.82 Å². The Hall–Kier alpha value is -3.18. The van der Waals surface area contributed by atoms with Gasteiger partial charge in [0.05, 0.1) is 37.1 Å². The van der Waals surface area contributed by atoms with Gasteiger partial charge in [0.25, 0.3) is 5.91 Å². The summed E-state index contributed by atoms with van der Waals surface area (Å²) in [7, 11) is 1.41. The number of aromatic nitrogens is 1. The topological polar surface area (TPSA) is 96.5 Å². The molecule has 5 rings (SSSR count). The van der Waals surface area contributed by atoms with E-state index in [1.807, 2.05) is 6.92 Å².